The van der Waals surface area contributed by atoms with E-state index in [0.717, 1.165) is 7.11 Å². The van der Waals surface area contributed by atoms with E-state index in [2.05, 4.69) is 10.1 Å². The number of anilines is 1. The molecule has 2 aromatic rings. The van der Waals surface area contributed by atoms with Gasteiger partial charge in [0.15, 0.2) is 6.10 Å². The lowest BCUT2D eigenvalue weighted by Crippen LogP contribution is -2.39. The van der Waals surface area contributed by atoms with Gasteiger partial charge in [-0.3, -0.25) is 14.9 Å². The molecule has 3 amide bonds. The van der Waals surface area contributed by atoms with Crippen molar-refractivity contribution in [1.29, 1.82) is 0 Å². The van der Waals surface area contributed by atoms with Gasteiger partial charge in [-0.15, -0.1) is 11.3 Å². The second-order valence-corrected chi connectivity index (χ2v) is 5.98. The van der Waals surface area contributed by atoms with E-state index in [0.29, 0.717) is 10.6 Å². The molecular formula is C17H16N2O6S. The second kappa shape index (κ2) is 8.77. The molecule has 2 rings (SSSR count). The topological polar surface area (TPSA) is 111 Å². The maximum absolute atomic E-state index is 12.0. The van der Waals surface area contributed by atoms with Crippen LogP contribution in [0, 0.1) is 0 Å². The number of imide groups is 1. The number of carbonyl (C=O) groups excluding carboxylic acids is 4. The highest BCUT2D eigenvalue weighted by Crippen LogP contribution is 2.15. The highest BCUT2D eigenvalue weighted by Gasteiger charge is 2.21. The van der Waals surface area contributed by atoms with Crippen molar-refractivity contribution in [1.82, 2.24) is 5.32 Å². The van der Waals surface area contributed by atoms with Crippen LogP contribution in [0.3, 0.4) is 0 Å². The SMILES string of the molecule is COC(=O)NC(=O)[C@@H](C)OC(=O)c1ccc(NC(=O)c2cccs2)cc1. The van der Waals surface area contributed by atoms with Crippen LogP contribution in [0.2, 0.25) is 0 Å². The Balaban J connectivity index is 1.92. The van der Waals surface area contributed by atoms with E-state index >= 15 is 0 Å². The molecule has 9 heteroatoms. The van der Waals surface area contributed by atoms with Crippen LogP contribution < -0.4 is 10.6 Å². The Bertz CT molecular complexity index is 801. The number of carbonyl (C=O) groups is 4. The maximum atomic E-state index is 12.0. The van der Waals surface area contributed by atoms with Gasteiger partial charge in [-0.25, -0.2) is 9.59 Å². The first-order valence-electron chi connectivity index (χ1n) is 7.45. The van der Waals surface area contributed by atoms with Gasteiger partial charge in [0.05, 0.1) is 17.6 Å². The summed E-state index contributed by atoms with van der Waals surface area (Å²) in [5.41, 5.74) is 0.702. The zero-order chi connectivity index (χ0) is 19.1. The minimum absolute atomic E-state index is 0.192. The van der Waals surface area contributed by atoms with Crippen LogP contribution in [0.15, 0.2) is 41.8 Å². The molecule has 8 nitrogen and oxygen atoms in total. The molecule has 1 aromatic carbocycles. The van der Waals surface area contributed by atoms with Gasteiger partial charge in [0.25, 0.3) is 11.8 Å². The molecule has 0 saturated heterocycles. The molecule has 1 atom stereocenters. The van der Waals surface area contributed by atoms with Gasteiger partial charge in [-0.05, 0) is 42.6 Å². The number of nitrogens with one attached hydrogen (secondary N) is 2. The van der Waals surface area contributed by atoms with E-state index in [-0.39, 0.29) is 11.5 Å². The van der Waals surface area contributed by atoms with E-state index in [1.165, 1.54) is 30.4 Å². The van der Waals surface area contributed by atoms with Gasteiger partial charge in [0.1, 0.15) is 0 Å². The van der Waals surface area contributed by atoms with Crippen molar-refractivity contribution >= 4 is 40.9 Å². The number of thiophene rings is 1. The first kappa shape index (κ1) is 19.1. The van der Waals surface area contributed by atoms with Crippen LogP contribution in [-0.4, -0.2) is 37.1 Å². The average molecular weight is 376 g/mol. The van der Waals surface area contributed by atoms with Gasteiger partial charge >= 0.3 is 12.1 Å². The normalized spacial score (nSPS) is 11.2. The summed E-state index contributed by atoms with van der Waals surface area (Å²) in [7, 11) is 1.11. The summed E-state index contributed by atoms with van der Waals surface area (Å²) >= 11 is 1.32. The van der Waals surface area contributed by atoms with Crippen molar-refractivity contribution in [3.63, 3.8) is 0 Å². The van der Waals surface area contributed by atoms with Crippen LogP contribution in [0.25, 0.3) is 0 Å². The highest BCUT2D eigenvalue weighted by atomic mass is 32.1. The second-order valence-electron chi connectivity index (χ2n) is 5.04. The van der Waals surface area contributed by atoms with Crippen molar-refractivity contribution in [2.75, 3.05) is 12.4 Å². The Morgan fingerprint density at radius 1 is 1.08 bits per heavy atom. The fraction of sp³-hybridized carbons (Fsp3) is 0.176. The summed E-state index contributed by atoms with van der Waals surface area (Å²) in [6.07, 6.45) is -2.12. The van der Waals surface area contributed by atoms with Gasteiger partial charge in [-0.1, -0.05) is 6.07 Å². The number of hydrogen-bond acceptors (Lipinski definition) is 7. The molecule has 26 heavy (non-hydrogen) atoms. The zero-order valence-corrected chi connectivity index (χ0v) is 14.8. The number of benzene rings is 1. The van der Waals surface area contributed by atoms with Crippen LogP contribution >= 0.6 is 11.3 Å². The molecule has 0 aliphatic carbocycles. The Morgan fingerprint density at radius 2 is 1.77 bits per heavy atom. The molecule has 0 saturated carbocycles. The molecule has 0 radical (unpaired) electrons. The molecule has 2 N–H and O–H groups in total. The number of methoxy groups -OCH3 is 1. The fourth-order valence-corrected chi connectivity index (χ4v) is 2.44. The van der Waals surface area contributed by atoms with E-state index in [1.807, 2.05) is 5.32 Å². The third-order valence-corrected chi connectivity index (χ3v) is 4.06. The quantitative estimate of drug-likeness (QED) is 0.776. The monoisotopic (exact) mass is 376 g/mol. The van der Waals surface area contributed by atoms with E-state index < -0.39 is 24.1 Å². The minimum atomic E-state index is -1.18. The van der Waals surface area contributed by atoms with E-state index in [1.54, 1.807) is 29.6 Å². The summed E-state index contributed by atoms with van der Waals surface area (Å²) < 4.78 is 9.27. The maximum Gasteiger partial charge on any atom is 0.413 e. The molecule has 0 spiro atoms. The Hall–Kier alpha value is -3.20. The standard InChI is InChI=1S/C17H16N2O6S/c1-10(14(20)19-17(23)24-2)25-16(22)11-5-7-12(8-6-11)18-15(21)13-4-3-9-26-13/h3-10H,1-2H3,(H,18,21)(H,19,20,23)/t10-/m1/s1. The van der Waals surface area contributed by atoms with Crippen LogP contribution in [0.1, 0.15) is 27.0 Å². The lowest BCUT2D eigenvalue weighted by atomic mass is 10.2. The summed E-state index contributed by atoms with van der Waals surface area (Å²) in [5.74, 6) is -1.79. The van der Waals surface area contributed by atoms with Gasteiger partial charge < -0.3 is 14.8 Å². The molecule has 1 aromatic heterocycles. The summed E-state index contributed by atoms with van der Waals surface area (Å²) in [6, 6.07) is 9.47. The largest absolute Gasteiger partial charge is 0.453 e. The fourth-order valence-electron chi connectivity index (χ4n) is 1.83. The third kappa shape index (κ3) is 5.15. The first-order valence-corrected chi connectivity index (χ1v) is 8.33. The lowest BCUT2D eigenvalue weighted by Gasteiger charge is -2.12. The molecule has 0 unspecified atom stereocenters. The number of amides is 3. The van der Waals surface area contributed by atoms with E-state index in [9.17, 15) is 19.2 Å². The summed E-state index contributed by atoms with van der Waals surface area (Å²) in [5, 5.41) is 6.40. The van der Waals surface area contributed by atoms with Crippen molar-refractivity contribution in [2.24, 2.45) is 0 Å². The van der Waals surface area contributed by atoms with Crippen molar-refractivity contribution in [3.05, 3.63) is 52.2 Å². The van der Waals surface area contributed by atoms with Crippen molar-refractivity contribution < 1.29 is 28.7 Å². The molecule has 0 fully saturated rings. The first-order chi connectivity index (χ1) is 12.4. The Labute approximate surface area is 153 Å². The molecule has 136 valence electrons. The van der Waals surface area contributed by atoms with Gasteiger partial charge in [0, 0.05) is 5.69 Å². The average Bonchev–Trinajstić information content (AvgIpc) is 3.16. The number of ether oxygens (including phenoxy) is 2. The van der Waals surface area contributed by atoms with Crippen LogP contribution in [0.5, 0.6) is 0 Å². The summed E-state index contributed by atoms with van der Waals surface area (Å²) in [4.78, 5) is 47.1. The summed E-state index contributed by atoms with van der Waals surface area (Å²) in [6.45, 7) is 1.33. The molecule has 1 heterocycles. The van der Waals surface area contributed by atoms with E-state index in [4.69, 9.17) is 4.74 Å². The molecular weight excluding hydrogens is 360 g/mol. The molecule has 0 aliphatic rings. The third-order valence-electron chi connectivity index (χ3n) is 3.19. The van der Waals surface area contributed by atoms with Crippen molar-refractivity contribution in [2.45, 2.75) is 13.0 Å². The molecule has 0 aliphatic heterocycles. The smallest absolute Gasteiger partial charge is 0.413 e. The van der Waals surface area contributed by atoms with Gasteiger partial charge in [0.2, 0.25) is 0 Å². The minimum Gasteiger partial charge on any atom is -0.453 e. The number of alkyl carbamates (subject to hydrolysis) is 1. The van der Waals surface area contributed by atoms with Crippen molar-refractivity contribution in [3.8, 4) is 0 Å². The predicted octanol–water partition coefficient (Wildman–Crippen LogP) is 2.43. The zero-order valence-electron chi connectivity index (χ0n) is 14.0. The van der Waals surface area contributed by atoms with Crippen LogP contribution in [0.4, 0.5) is 10.5 Å². The number of esters is 1. The Morgan fingerprint density at radius 3 is 2.35 bits per heavy atom. The van der Waals surface area contributed by atoms with Gasteiger partial charge in [-0.2, -0.15) is 0 Å². The number of hydrogen-bond donors (Lipinski definition) is 2. The number of rotatable bonds is 5. The predicted molar refractivity (Wildman–Crippen MR) is 94.1 cm³/mol. The lowest BCUT2D eigenvalue weighted by molar-refractivity contribution is -0.128. The molecule has 0 bridgehead atoms. The highest BCUT2D eigenvalue weighted by molar-refractivity contribution is 7.12. The van der Waals surface area contributed by atoms with Crippen LogP contribution in [-0.2, 0) is 14.3 Å². The Kier molecular flexibility index (Phi) is 6.45.